The Morgan fingerprint density at radius 2 is 2.04 bits per heavy atom. The lowest BCUT2D eigenvalue weighted by Crippen LogP contribution is -2.01. The van der Waals surface area contributed by atoms with Gasteiger partial charge in [-0.15, -0.1) is 0 Å². The molecule has 0 unspecified atom stereocenters. The maximum Gasteiger partial charge on any atom is 0.123 e. The summed E-state index contributed by atoms with van der Waals surface area (Å²) in [6.07, 6.45) is 4.95. The van der Waals surface area contributed by atoms with E-state index in [0.29, 0.717) is 17.2 Å². The molecule has 0 aliphatic rings. The van der Waals surface area contributed by atoms with Crippen molar-refractivity contribution in [2.75, 3.05) is 0 Å². The van der Waals surface area contributed by atoms with Crippen molar-refractivity contribution in [2.45, 2.75) is 26.3 Å². The molecule has 0 N–H and O–H groups in total. The van der Waals surface area contributed by atoms with E-state index in [4.69, 9.17) is 0 Å². The summed E-state index contributed by atoms with van der Waals surface area (Å²) in [5.41, 5.74) is 3.18. The van der Waals surface area contributed by atoms with E-state index in [9.17, 15) is 9.65 Å². The molecule has 0 aliphatic carbocycles. The van der Waals surface area contributed by atoms with Crippen LogP contribution in [0, 0.1) is 17.1 Å². The predicted molar refractivity (Wildman–Crippen MR) is 96.8 cm³/mol. The molecular formula is C21H19FN2. The van der Waals surface area contributed by atoms with Gasteiger partial charge in [0.2, 0.25) is 0 Å². The van der Waals surface area contributed by atoms with Crippen LogP contribution in [-0.2, 0) is 0 Å². The SMILES string of the molecule is CC[C@H](C)n1cc(/C=C(/C#N)c2cccc(F)c2)c2ccccc21. The number of nitrogens with zero attached hydrogens (tertiary/aromatic N) is 2. The quantitative estimate of drug-likeness (QED) is 0.557. The zero-order valence-electron chi connectivity index (χ0n) is 13.8. The Kier molecular flexibility index (Phi) is 4.48. The second kappa shape index (κ2) is 6.72. The van der Waals surface area contributed by atoms with Gasteiger partial charge < -0.3 is 4.57 Å². The number of rotatable bonds is 4. The highest BCUT2D eigenvalue weighted by Crippen LogP contribution is 2.29. The summed E-state index contributed by atoms with van der Waals surface area (Å²) >= 11 is 0. The average molecular weight is 318 g/mol. The number of benzene rings is 2. The van der Waals surface area contributed by atoms with Crippen molar-refractivity contribution in [3.05, 3.63) is 71.7 Å². The van der Waals surface area contributed by atoms with Gasteiger partial charge in [-0.1, -0.05) is 37.3 Å². The molecule has 1 aromatic heterocycles. The topological polar surface area (TPSA) is 28.7 Å². The molecule has 0 aliphatic heterocycles. The van der Waals surface area contributed by atoms with Crippen molar-refractivity contribution < 1.29 is 4.39 Å². The van der Waals surface area contributed by atoms with E-state index in [1.54, 1.807) is 12.1 Å². The summed E-state index contributed by atoms with van der Waals surface area (Å²) in [5.74, 6) is -0.337. The zero-order chi connectivity index (χ0) is 17.1. The molecule has 2 nitrogen and oxygen atoms in total. The highest BCUT2D eigenvalue weighted by molar-refractivity contribution is 5.98. The van der Waals surface area contributed by atoms with Gasteiger partial charge in [0, 0.05) is 28.7 Å². The zero-order valence-corrected chi connectivity index (χ0v) is 13.8. The number of para-hydroxylation sites is 1. The predicted octanol–water partition coefficient (Wildman–Crippen LogP) is 5.82. The summed E-state index contributed by atoms with van der Waals surface area (Å²) in [6.45, 7) is 4.33. The van der Waals surface area contributed by atoms with E-state index in [-0.39, 0.29) is 5.82 Å². The average Bonchev–Trinajstić information content (AvgIpc) is 2.97. The molecule has 24 heavy (non-hydrogen) atoms. The van der Waals surface area contributed by atoms with Crippen LogP contribution in [0.15, 0.2) is 54.7 Å². The van der Waals surface area contributed by atoms with Crippen molar-refractivity contribution in [1.82, 2.24) is 4.57 Å². The highest BCUT2D eigenvalue weighted by Gasteiger charge is 2.11. The maximum atomic E-state index is 13.5. The molecule has 2 aromatic carbocycles. The minimum Gasteiger partial charge on any atom is -0.344 e. The number of nitriles is 1. The van der Waals surface area contributed by atoms with Gasteiger partial charge in [-0.3, -0.25) is 0 Å². The van der Waals surface area contributed by atoms with E-state index >= 15 is 0 Å². The largest absolute Gasteiger partial charge is 0.344 e. The fraction of sp³-hybridized carbons (Fsp3) is 0.190. The molecule has 0 bridgehead atoms. The molecule has 3 rings (SSSR count). The van der Waals surface area contributed by atoms with Crippen LogP contribution < -0.4 is 0 Å². The van der Waals surface area contributed by atoms with E-state index < -0.39 is 0 Å². The van der Waals surface area contributed by atoms with Crippen molar-refractivity contribution in [3.63, 3.8) is 0 Å². The van der Waals surface area contributed by atoms with Crippen LogP contribution in [-0.4, -0.2) is 4.57 Å². The molecule has 3 heteroatoms. The first-order valence-corrected chi connectivity index (χ1v) is 8.11. The first-order chi connectivity index (χ1) is 11.6. The monoisotopic (exact) mass is 318 g/mol. The Morgan fingerprint density at radius 1 is 1.25 bits per heavy atom. The minimum absolute atomic E-state index is 0.337. The lowest BCUT2D eigenvalue weighted by Gasteiger charge is -2.12. The van der Waals surface area contributed by atoms with E-state index in [2.05, 4.69) is 42.8 Å². The minimum atomic E-state index is -0.337. The van der Waals surface area contributed by atoms with Crippen LogP contribution >= 0.6 is 0 Å². The lowest BCUT2D eigenvalue weighted by atomic mass is 10.0. The molecular weight excluding hydrogens is 299 g/mol. The van der Waals surface area contributed by atoms with Gasteiger partial charge in [-0.05, 0) is 43.2 Å². The molecule has 0 saturated heterocycles. The van der Waals surface area contributed by atoms with Gasteiger partial charge >= 0.3 is 0 Å². The van der Waals surface area contributed by atoms with Gasteiger partial charge in [0.25, 0.3) is 0 Å². The number of allylic oxidation sites excluding steroid dienone is 1. The summed E-state index contributed by atoms with van der Waals surface area (Å²) in [4.78, 5) is 0. The Labute approximate surface area is 141 Å². The fourth-order valence-electron chi connectivity index (χ4n) is 2.90. The maximum absolute atomic E-state index is 13.5. The van der Waals surface area contributed by atoms with Crippen LogP contribution in [0.1, 0.15) is 37.4 Å². The van der Waals surface area contributed by atoms with Gasteiger partial charge in [0.1, 0.15) is 5.82 Å². The molecule has 0 radical (unpaired) electrons. The first-order valence-electron chi connectivity index (χ1n) is 8.11. The van der Waals surface area contributed by atoms with Crippen molar-refractivity contribution in [1.29, 1.82) is 5.26 Å². The van der Waals surface area contributed by atoms with Crippen LogP contribution in [0.25, 0.3) is 22.6 Å². The molecule has 0 fully saturated rings. The van der Waals surface area contributed by atoms with Crippen LogP contribution in [0.3, 0.4) is 0 Å². The molecule has 1 heterocycles. The van der Waals surface area contributed by atoms with Gasteiger partial charge in [-0.25, -0.2) is 4.39 Å². The second-order valence-corrected chi connectivity index (χ2v) is 5.95. The summed E-state index contributed by atoms with van der Waals surface area (Å²) in [7, 11) is 0. The third kappa shape index (κ3) is 2.96. The van der Waals surface area contributed by atoms with Crippen LogP contribution in [0.5, 0.6) is 0 Å². The molecule has 0 saturated carbocycles. The number of hydrogen-bond donors (Lipinski definition) is 0. The number of fused-ring (bicyclic) bond motifs is 1. The number of aromatic nitrogens is 1. The fourth-order valence-corrected chi connectivity index (χ4v) is 2.90. The normalized spacial score (nSPS) is 13.0. The molecule has 3 aromatic rings. The van der Waals surface area contributed by atoms with E-state index in [0.717, 1.165) is 22.9 Å². The lowest BCUT2D eigenvalue weighted by molar-refractivity contribution is 0.548. The van der Waals surface area contributed by atoms with Crippen LogP contribution in [0.2, 0.25) is 0 Å². The molecule has 1 atom stereocenters. The van der Waals surface area contributed by atoms with Gasteiger partial charge in [0.15, 0.2) is 0 Å². The smallest absolute Gasteiger partial charge is 0.123 e. The third-order valence-electron chi connectivity index (χ3n) is 4.39. The van der Waals surface area contributed by atoms with Crippen molar-refractivity contribution in [2.24, 2.45) is 0 Å². The number of halogens is 1. The molecule has 0 amide bonds. The summed E-state index contributed by atoms with van der Waals surface area (Å²) in [5, 5.41) is 10.6. The standard InChI is InChI=1S/C21H19FN2/c1-3-15(2)24-14-18(20-9-4-5-10-21(20)24)11-17(13-23)16-7-6-8-19(22)12-16/h4-12,14-15H,3H2,1-2H3/b17-11-/t15-/m0/s1. The Balaban J connectivity index is 2.17. The molecule has 120 valence electrons. The first kappa shape index (κ1) is 16.0. The number of hydrogen-bond acceptors (Lipinski definition) is 1. The Bertz CT molecular complexity index is 944. The van der Waals surface area contributed by atoms with Gasteiger partial charge in [0.05, 0.1) is 11.6 Å². The van der Waals surface area contributed by atoms with Crippen LogP contribution in [0.4, 0.5) is 4.39 Å². The highest BCUT2D eigenvalue weighted by atomic mass is 19.1. The second-order valence-electron chi connectivity index (χ2n) is 5.95. The Morgan fingerprint density at radius 3 is 2.75 bits per heavy atom. The summed E-state index contributed by atoms with van der Waals surface area (Å²) in [6, 6.07) is 16.9. The Hall–Kier alpha value is -2.86. The van der Waals surface area contributed by atoms with E-state index in [1.165, 1.54) is 12.1 Å². The van der Waals surface area contributed by atoms with Gasteiger partial charge in [-0.2, -0.15) is 5.26 Å². The van der Waals surface area contributed by atoms with Crippen molar-refractivity contribution >= 4 is 22.6 Å². The van der Waals surface area contributed by atoms with Crippen molar-refractivity contribution in [3.8, 4) is 6.07 Å². The summed E-state index contributed by atoms with van der Waals surface area (Å²) < 4.78 is 15.7. The van der Waals surface area contributed by atoms with E-state index in [1.807, 2.05) is 18.2 Å². The molecule has 0 spiro atoms. The third-order valence-corrected chi connectivity index (χ3v) is 4.39.